The SMILES string of the molecule is CC(C)Oc1ccc(-c2noc(C3CC(=O)N(Cc4ccccc4F)C3)n2)cc1. The Hall–Kier alpha value is -3.22. The van der Waals surface area contributed by atoms with Crippen LogP contribution in [0.25, 0.3) is 11.4 Å². The summed E-state index contributed by atoms with van der Waals surface area (Å²) >= 11 is 0. The Balaban J connectivity index is 1.44. The van der Waals surface area contributed by atoms with Crippen molar-refractivity contribution < 1.29 is 18.4 Å². The number of benzene rings is 2. The van der Waals surface area contributed by atoms with Gasteiger partial charge in [-0.15, -0.1) is 0 Å². The van der Waals surface area contributed by atoms with Gasteiger partial charge in [-0.1, -0.05) is 23.4 Å². The Morgan fingerprint density at radius 1 is 1.21 bits per heavy atom. The van der Waals surface area contributed by atoms with Gasteiger partial charge < -0.3 is 14.2 Å². The van der Waals surface area contributed by atoms with E-state index in [1.807, 2.05) is 38.1 Å². The van der Waals surface area contributed by atoms with Crippen LogP contribution in [-0.2, 0) is 11.3 Å². The van der Waals surface area contributed by atoms with Crippen LogP contribution in [0.4, 0.5) is 4.39 Å². The third-order valence-corrected chi connectivity index (χ3v) is 4.81. The van der Waals surface area contributed by atoms with Crippen molar-refractivity contribution in [1.29, 1.82) is 0 Å². The van der Waals surface area contributed by atoms with Crippen molar-refractivity contribution in [3.63, 3.8) is 0 Å². The van der Waals surface area contributed by atoms with Gasteiger partial charge in [0.15, 0.2) is 0 Å². The molecule has 150 valence electrons. The van der Waals surface area contributed by atoms with Gasteiger partial charge in [0.25, 0.3) is 0 Å². The number of likely N-dealkylation sites (tertiary alicyclic amines) is 1. The zero-order chi connectivity index (χ0) is 20.4. The molecule has 1 amide bonds. The lowest BCUT2D eigenvalue weighted by molar-refractivity contribution is -0.128. The van der Waals surface area contributed by atoms with E-state index in [1.165, 1.54) is 6.07 Å². The maximum Gasteiger partial charge on any atom is 0.232 e. The minimum atomic E-state index is -0.311. The number of carbonyl (C=O) groups excluding carboxylic acids is 1. The lowest BCUT2D eigenvalue weighted by atomic mass is 10.1. The van der Waals surface area contributed by atoms with Crippen molar-refractivity contribution in [3.05, 3.63) is 65.8 Å². The van der Waals surface area contributed by atoms with Gasteiger partial charge in [0.05, 0.1) is 12.0 Å². The van der Waals surface area contributed by atoms with Crippen LogP contribution in [0, 0.1) is 5.82 Å². The topological polar surface area (TPSA) is 68.5 Å². The molecule has 4 rings (SSSR count). The van der Waals surface area contributed by atoms with Gasteiger partial charge in [-0.2, -0.15) is 4.98 Å². The molecule has 1 fully saturated rings. The van der Waals surface area contributed by atoms with E-state index in [1.54, 1.807) is 23.1 Å². The maximum atomic E-state index is 13.9. The van der Waals surface area contributed by atoms with Crippen LogP contribution in [0.5, 0.6) is 5.75 Å². The molecule has 1 unspecified atom stereocenters. The standard InChI is InChI=1S/C22H22FN3O3/c1-14(2)28-18-9-7-15(8-10-18)21-24-22(29-25-21)17-11-20(27)26(13-17)12-16-5-3-4-6-19(16)23/h3-10,14,17H,11-13H2,1-2H3. The Morgan fingerprint density at radius 3 is 2.69 bits per heavy atom. The second kappa shape index (κ2) is 8.03. The molecule has 3 aromatic rings. The quantitative estimate of drug-likeness (QED) is 0.626. The Morgan fingerprint density at radius 2 is 1.97 bits per heavy atom. The van der Waals surface area contributed by atoms with Gasteiger partial charge in [0.1, 0.15) is 11.6 Å². The van der Waals surface area contributed by atoms with E-state index in [2.05, 4.69) is 10.1 Å². The second-order valence-corrected chi connectivity index (χ2v) is 7.41. The van der Waals surface area contributed by atoms with Crippen molar-refractivity contribution in [2.24, 2.45) is 0 Å². The van der Waals surface area contributed by atoms with Crippen molar-refractivity contribution in [1.82, 2.24) is 15.0 Å². The fourth-order valence-electron chi connectivity index (χ4n) is 3.40. The van der Waals surface area contributed by atoms with Crippen LogP contribution < -0.4 is 4.74 Å². The molecule has 0 saturated carbocycles. The Kier molecular flexibility index (Phi) is 5.29. The van der Waals surface area contributed by atoms with Gasteiger partial charge in [-0.05, 0) is 44.2 Å². The van der Waals surface area contributed by atoms with E-state index in [9.17, 15) is 9.18 Å². The van der Waals surface area contributed by atoms with E-state index >= 15 is 0 Å². The molecule has 0 aliphatic carbocycles. The minimum absolute atomic E-state index is 0.0480. The van der Waals surface area contributed by atoms with Crippen molar-refractivity contribution >= 4 is 5.91 Å². The number of halogens is 1. The first kappa shape index (κ1) is 19.1. The summed E-state index contributed by atoms with van der Waals surface area (Å²) in [5, 5.41) is 4.05. The lowest BCUT2D eigenvalue weighted by Crippen LogP contribution is -2.24. The summed E-state index contributed by atoms with van der Waals surface area (Å²) in [4.78, 5) is 18.5. The number of amides is 1. The Bertz CT molecular complexity index is 1000. The van der Waals surface area contributed by atoms with Gasteiger partial charge >= 0.3 is 0 Å². The minimum Gasteiger partial charge on any atom is -0.491 e. The van der Waals surface area contributed by atoms with Gasteiger partial charge in [-0.25, -0.2) is 4.39 Å². The highest BCUT2D eigenvalue weighted by Gasteiger charge is 2.34. The van der Waals surface area contributed by atoms with Crippen LogP contribution in [0.15, 0.2) is 53.1 Å². The third-order valence-electron chi connectivity index (χ3n) is 4.81. The summed E-state index contributed by atoms with van der Waals surface area (Å²) in [6, 6.07) is 13.9. The molecule has 2 heterocycles. The van der Waals surface area contributed by atoms with Crippen LogP contribution in [-0.4, -0.2) is 33.6 Å². The van der Waals surface area contributed by atoms with Crippen molar-refractivity contribution in [3.8, 4) is 17.1 Å². The summed E-state index contributed by atoms with van der Waals surface area (Å²) in [6.07, 6.45) is 0.377. The summed E-state index contributed by atoms with van der Waals surface area (Å²) in [5.41, 5.74) is 1.31. The number of nitrogens with zero attached hydrogens (tertiary/aromatic N) is 3. The average Bonchev–Trinajstić information content (AvgIpc) is 3.31. The normalized spacial score (nSPS) is 16.6. The van der Waals surface area contributed by atoms with E-state index in [0.717, 1.165) is 11.3 Å². The highest BCUT2D eigenvalue weighted by Crippen LogP contribution is 2.30. The largest absolute Gasteiger partial charge is 0.491 e. The molecule has 0 bridgehead atoms. The van der Waals surface area contributed by atoms with E-state index in [-0.39, 0.29) is 36.7 Å². The highest BCUT2D eigenvalue weighted by atomic mass is 19.1. The van der Waals surface area contributed by atoms with E-state index in [4.69, 9.17) is 9.26 Å². The van der Waals surface area contributed by atoms with E-state index < -0.39 is 0 Å². The third kappa shape index (κ3) is 4.29. The molecule has 6 nitrogen and oxygen atoms in total. The smallest absolute Gasteiger partial charge is 0.232 e. The van der Waals surface area contributed by atoms with Gasteiger partial charge in [-0.3, -0.25) is 4.79 Å². The Labute approximate surface area is 168 Å². The number of aromatic nitrogens is 2. The molecule has 2 aromatic carbocycles. The fraction of sp³-hybridized carbons (Fsp3) is 0.318. The number of rotatable bonds is 6. The molecule has 1 aliphatic rings. The molecule has 1 atom stereocenters. The molecular formula is C22H22FN3O3. The van der Waals surface area contributed by atoms with Crippen LogP contribution in [0.3, 0.4) is 0 Å². The average molecular weight is 395 g/mol. The number of carbonyl (C=O) groups is 1. The molecular weight excluding hydrogens is 373 g/mol. The first-order valence-corrected chi connectivity index (χ1v) is 9.61. The fourth-order valence-corrected chi connectivity index (χ4v) is 3.40. The molecule has 0 spiro atoms. The van der Waals surface area contributed by atoms with E-state index in [0.29, 0.717) is 23.8 Å². The molecule has 1 aromatic heterocycles. The van der Waals surface area contributed by atoms with Crippen LogP contribution in [0.2, 0.25) is 0 Å². The first-order valence-electron chi connectivity index (χ1n) is 9.61. The van der Waals surface area contributed by atoms with Gasteiger partial charge in [0, 0.05) is 30.6 Å². The molecule has 7 heteroatoms. The van der Waals surface area contributed by atoms with Crippen molar-refractivity contribution in [2.75, 3.05) is 6.54 Å². The number of hydrogen-bond donors (Lipinski definition) is 0. The van der Waals surface area contributed by atoms with Crippen LogP contribution in [0.1, 0.15) is 37.6 Å². The maximum absolute atomic E-state index is 13.9. The zero-order valence-corrected chi connectivity index (χ0v) is 16.3. The van der Waals surface area contributed by atoms with Crippen LogP contribution >= 0.6 is 0 Å². The van der Waals surface area contributed by atoms with Crippen molar-refractivity contribution in [2.45, 2.75) is 38.8 Å². The molecule has 1 saturated heterocycles. The molecule has 0 radical (unpaired) electrons. The summed E-state index contributed by atoms with van der Waals surface area (Å²) < 4.78 is 25.0. The summed E-state index contributed by atoms with van der Waals surface area (Å²) in [7, 11) is 0. The highest BCUT2D eigenvalue weighted by molar-refractivity contribution is 5.79. The molecule has 0 N–H and O–H groups in total. The predicted octanol–water partition coefficient (Wildman–Crippen LogP) is 4.18. The first-order chi connectivity index (χ1) is 14.0. The predicted molar refractivity (Wildman–Crippen MR) is 105 cm³/mol. The van der Waals surface area contributed by atoms with Gasteiger partial charge in [0.2, 0.25) is 17.6 Å². The molecule has 1 aliphatic heterocycles. The monoisotopic (exact) mass is 395 g/mol. The number of ether oxygens (including phenoxy) is 1. The number of hydrogen-bond acceptors (Lipinski definition) is 5. The zero-order valence-electron chi connectivity index (χ0n) is 16.3. The summed E-state index contributed by atoms with van der Waals surface area (Å²) in [5.74, 6) is 1.11. The second-order valence-electron chi connectivity index (χ2n) is 7.41. The molecule has 29 heavy (non-hydrogen) atoms. The lowest BCUT2D eigenvalue weighted by Gasteiger charge is -2.16. The summed E-state index contributed by atoms with van der Waals surface area (Å²) in [6.45, 7) is 4.60.